The van der Waals surface area contributed by atoms with Crippen LogP contribution < -0.4 is 0 Å². The monoisotopic (exact) mass is 291 g/mol. The lowest BCUT2D eigenvalue weighted by atomic mass is 10.1. The van der Waals surface area contributed by atoms with Crippen LogP contribution in [0.2, 0.25) is 0 Å². The van der Waals surface area contributed by atoms with Gasteiger partial charge in [-0.3, -0.25) is 9.69 Å². The van der Waals surface area contributed by atoms with E-state index in [9.17, 15) is 9.59 Å². The Morgan fingerprint density at radius 1 is 1.15 bits per heavy atom. The number of rotatable bonds is 9. The standard InChI is InChI=1S/C13H25NO6/c1-10(2)19-12(18)13(3,4)20-11(17)9-14(5-7-15)6-8-16/h10,15-16H,5-9H2,1-4H3. The first-order valence-corrected chi connectivity index (χ1v) is 6.60. The Morgan fingerprint density at radius 3 is 2.05 bits per heavy atom. The highest BCUT2D eigenvalue weighted by Gasteiger charge is 2.34. The Hall–Kier alpha value is -1.18. The highest BCUT2D eigenvalue weighted by atomic mass is 16.6. The molecule has 0 aliphatic rings. The topological polar surface area (TPSA) is 96.3 Å². The maximum Gasteiger partial charge on any atom is 0.350 e. The Kier molecular flexibility index (Phi) is 8.36. The molecule has 0 aromatic carbocycles. The lowest BCUT2D eigenvalue weighted by Crippen LogP contribution is -2.43. The molecule has 0 aromatic rings. The largest absolute Gasteiger partial charge is 0.460 e. The zero-order valence-corrected chi connectivity index (χ0v) is 12.6. The van der Waals surface area contributed by atoms with Gasteiger partial charge in [-0.1, -0.05) is 0 Å². The molecule has 0 radical (unpaired) electrons. The second-order valence-electron chi connectivity index (χ2n) is 5.16. The van der Waals surface area contributed by atoms with Crippen LogP contribution in [-0.4, -0.2) is 71.6 Å². The van der Waals surface area contributed by atoms with E-state index in [-0.39, 0.29) is 39.0 Å². The summed E-state index contributed by atoms with van der Waals surface area (Å²) in [7, 11) is 0. The molecule has 118 valence electrons. The molecule has 0 aliphatic heterocycles. The number of hydrogen-bond acceptors (Lipinski definition) is 7. The number of aliphatic hydroxyl groups excluding tert-OH is 2. The summed E-state index contributed by atoms with van der Waals surface area (Å²) in [5.74, 6) is -1.23. The van der Waals surface area contributed by atoms with Gasteiger partial charge < -0.3 is 19.7 Å². The molecule has 0 spiro atoms. The van der Waals surface area contributed by atoms with E-state index in [2.05, 4.69) is 0 Å². The molecule has 2 N–H and O–H groups in total. The van der Waals surface area contributed by atoms with Crippen molar-refractivity contribution in [2.24, 2.45) is 0 Å². The van der Waals surface area contributed by atoms with Crippen LogP contribution in [0, 0.1) is 0 Å². The fraction of sp³-hybridized carbons (Fsp3) is 0.846. The molecular weight excluding hydrogens is 266 g/mol. The van der Waals surface area contributed by atoms with Gasteiger partial charge in [-0.2, -0.15) is 0 Å². The highest BCUT2D eigenvalue weighted by molar-refractivity contribution is 5.83. The fourth-order valence-electron chi connectivity index (χ4n) is 1.45. The van der Waals surface area contributed by atoms with E-state index in [1.807, 2.05) is 0 Å². The third kappa shape index (κ3) is 7.42. The maximum absolute atomic E-state index is 11.8. The van der Waals surface area contributed by atoms with Crippen molar-refractivity contribution in [1.29, 1.82) is 0 Å². The number of hydrogen-bond donors (Lipinski definition) is 2. The molecular formula is C13H25NO6. The summed E-state index contributed by atoms with van der Waals surface area (Å²) < 4.78 is 10.1. The molecule has 0 atom stereocenters. The minimum atomic E-state index is -1.37. The van der Waals surface area contributed by atoms with Crippen molar-refractivity contribution in [2.75, 3.05) is 32.8 Å². The van der Waals surface area contributed by atoms with Crippen molar-refractivity contribution in [2.45, 2.75) is 39.4 Å². The summed E-state index contributed by atoms with van der Waals surface area (Å²) in [5, 5.41) is 17.7. The van der Waals surface area contributed by atoms with E-state index < -0.39 is 17.5 Å². The van der Waals surface area contributed by atoms with Crippen LogP contribution in [0.4, 0.5) is 0 Å². The van der Waals surface area contributed by atoms with Crippen molar-refractivity contribution >= 4 is 11.9 Å². The Bertz CT molecular complexity index is 310. The average Bonchev–Trinajstić information content (AvgIpc) is 2.27. The molecule has 0 heterocycles. The number of ether oxygens (including phenoxy) is 2. The van der Waals surface area contributed by atoms with Crippen LogP contribution in [-0.2, 0) is 19.1 Å². The molecule has 0 unspecified atom stereocenters. The van der Waals surface area contributed by atoms with E-state index in [0.29, 0.717) is 0 Å². The van der Waals surface area contributed by atoms with Gasteiger partial charge >= 0.3 is 11.9 Å². The minimum absolute atomic E-state index is 0.112. The van der Waals surface area contributed by atoms with Gasteiger partial charge in [0.05, 0.1) is 25.9 Å². The van der Waals surface area contributed by atoms with Gasteiger partial charge in [-0.05, 0) is 27.7 Å². The van der Waals surface area contributed by atoms with Gasteiger partial charge in [0.15, 0.2) is 0 Å². The van der Waals surface area contributed by atoms with Gasteiger partial charge in [0.2, 0.25) is 5.60 Å². The predicted octanol–water partition coefficient (Wildman–Crippen LogP) is -0.454. The Morgan fingerprint density at radius 2 is 1.65 bits per heavy atom. The molecule has 20 heavy (non-hydrogen) atoms. The van der Waals surface area contributed by atoms with Crippen LogP contribution >= 0.6 is 0 Å². The summed E-state index contributed by atoms with van der Waals surface area (Å²) in [6.07, 6.45) is -0.291. The van der Waals surface area contributed by atoms with Crippen LogP contribution in [0.15, 0.2) is 0 Å². The number of carbonyl (C=O) groups excluding carboxylic acids is 2. The van der Waals surface area contributed by atoms with Crippen LogP contribution in [0.5, 0.6) is 0 Å². The van der Waals surface area contributed by atoms with Gasteiger partial charge in [-0.25, -0.2) is 4.79 Å². The zero-order chi connectivity index (χ0) is 15.8. The molecule has 0 aliphatic carbocycles. The van der Waals surface area contributed by atoms with Crippen LogP contribution in [0.3, 0.4) is 0 Å². The lowest BCUT2D eigenvalue weighted by molar-refractivity contribution is -0.181. The fourth-order valence-corrected chi connectivity index (χ4v) is 1.45. The highest BCUT2D eigenvalue weighted by Crippen LogP contribution is 2.13. The Labute approximate surface area is 119 Å². The minimum Gasteiger partial charge on any atom is -0.460 e. The van der Waals surface area contributed by atoms with Crippen molar-refractivity contribution in [3.63, 3.8) is 0 Å². The SMILES string of the molecule is CC(C)OC(=O)C(C)(C)OC(=O)CN(CCO)CCO. The number of carbonyl (C=O) groups is 2. The number of aliphatic hydroxyl groups is 2. The first-order valence-electron chi connectivity index (χ1n) is 6.60. The molecule has 0 bridgehead atoms. The summed E-state index contributed by atoms with van der Waals surface area (Å²) in [5.41, 5.74) is -1.37. The van der Waals surface area contributed by atoms with E-state index in [1.54, 1.807) is 13.8 Å². The van der Waals surface area contributed by atoms with Gasteiger partial charge in [-0.15, -0.1) is 0 Å². The summed E-state index contributed by atoms with van der Waals surface area (Å²) in [4.78, 5) is 25.1. The maximum atomic E-state index is 11.8. The molecule has 0 rings (SSSR count). The third-order valence-corrected chi connectivity index (χ3v) is 2.39. The molecule has 0 aromatic heterocycles. The van der Waals surface area contributed by atoms with E-state index in [0.717, 1.165) is 0 Å². The summed E-state index contributed by atoms with van der Waals surface area (Å²) in [6.45, 7) is 6.44. The number of nitrogens with zero attached hydrogens (tertiary/aromatic N) is 1. The molecule has 0 saturated heterocycles. The molecule has 0 saturated carbocycles. The van der Waals surface area contributed by atoms with E-state index >= 15 is 0 Å². The van der Waals surface area contributed by atoms with Crippen molar-refractivity contribution < 1.29 is 29.3 Å². The van der Waals surface area contributed by atoms with Gasteiger partial charge in [0, 0.05) is 13.1 Å². The summed E-state index contributed by atoms with van der Waals surface area (Å²) >= 11 is 0. The van der Waals surface area contributed by atoms with E-state index in [4.69, 9.17) is 19.7 Å². The first-order chi connectivity index (χ1) is 9.22. The quantitative estimate of drug-likeness (QED) is 0.555. The van der Waals surface area contributed by atoms with Crippen molar-refractivity contribution in [3.05, 3.63) is 0 Å². The molecule has 0 fully saturated rings. The third-order valence-electron chi connectivity index (χ3n) is 2.39. The predicted molar refractivity (Wildman–Crippen MR) is 72.0 cm³/mol. The smallest absolute Gasteiger partial charge is 0.350 e. The van der Waals surface area contributed by atoms with Crippen LogP contribution in [0.25, 0.3) is 0 Å². The lowest BCUT2D eigenvalue weighted by Gasteiger charge is -2.26. The molecule has 0 amide bonds. The van der Waals surface area contributed by atoms with Crippen LogP contribution in [0.1, 0.15) is 27.7 Å². The summed E-state index contributed by atoms with van der Waals surface area (Å²) in [6, 6.07) is 0. The Balaban J connectivity index is 4.45. The van der Waals surface area contributed by atoms with Gasteiger partial charge in [0.1, 0.15) is 0 Å². The zero-order valence-electron chi connectivity index (χ0n) is 12.6. The molecule has 7 heteroatoms. The second-order valence-corrected chi connectivity index (χ2v) is 5.16. The van der Waals surface area contributed by atoms with Crippen molar-refractivity contribution in [3.8, 4) is 0 Å². The molecule has 7 nitrogen and oxygen atoms in total. The number of esters is 2. The average molecular weight is 291 g/mol. The second kappa shape index (κ2) is 8.89. The first kappa shape index (κ1) is 18.8. The van der Waals surface area contributed by atoms with E-state index in [1.165, 1.54) is 18.7 Å². The van der Waals surface area contributed by atoms with Crippen molar-refractivity contribution in [1.82, 2.24) is 4.90 Å². The van der Waals surface area contributed by atoms with Gasteiger partial charge in [0.25, 0.3) is 0 Å². The normalized spacial score (nSPS) is 11.8.